The highest BCUT2D eigenvalue weighted by atomic mass is 32.2. The third-order valence-corrected chi connectivity index (χ3v) is 7.14. The molecule has 0 bridgehead atoms. The monoisotopic (exact) mass is 431 g/mol. The highest BCUT2D eigenvalue weighted by Gasteiger charge is 2.37. The number of pyridine rings is 1. The third-order valence-electron chi connectivity index (χ3n) is 5.84. The maximum absolute atomic E-state index is 13.2. The average Bonchev–Trinajstić information content (AvgIpc) is 3.23. The highest BCUT2D eigenvalue weighted by Crippen LogP contribution is 2.33. The van der Waals surface area contributed by atoms with Crippen molar-refractivity contribution in [2.75, 3.05) is 25.9 Å². The number of hydrogen-bond donors (Lipinski definition) is 1. The first kappa shape index (κ1) is 20.7. The van der Waals surface area contributed by atoms with Crippen LogP contribution in [0.25, 0.3) is 11.3 Å². The highest BCUT2D eigenvalue weighted by molar-refractivity contribution is 7.88. The van der Waals surface area contributed by atoms with Crippen LogP contribution in [0.4, 0.5) is 0 Å². The lowest BCUT2D eigenvalue weighted by Crippen LogP contribution is -2.44. The van der Waals surface area contributed by atoms with Crippen LogP contribution in [0, 0.1) is 5.92 Å². The second-order valence-corrected chi connectivity index (χ2v) is 9.87. The standard InChI is InChI=1S/C20H25N5O4S/c1-30(28,29)24-10-6-14(7-11-24)20(27)25-9-3-5-17(25)19-22-16(12-18(26)23-19)15-4-2-8-21-13-15/h2,4,8,12-14,17H,3,5-7,9-11H2,1H3,(H,22,23,26)/t17-/m0/s1. The number of H-pyrrole nitrogens is 1. The molecule has 2 aromatic heterocycles. The van der Waals surface area contributed by atoms with Gasteiger partial charge in [0.25, 0.3) is 5.56 Å². The molecule has 1 N–H and O–H groups in total. The molecule has 2 saturated heterocycles. The van der Waals surface area contributed by atoms with E-state index in [-0.39, 0.29) is 23.4 Å². The Hall–Kier alpha value is -2.59. The molecule has 2 fully saturated rings. The smallest absolute Gasteiger partial charge is 0.251 e. The molecule has 0 unspecified atom stereocenters. The quantitative estimate of drug-likeness (QED) is 0.777. The second-order valence-electron chi connectivity index (χ2n) is 7.88. The van der Waals surface area contributed by atoms with Crippen LogP contribution in [0.2, 0.25) is 0 Å². The Morgan fingerprint density at radius 3 is 2.63 bits per heavy atom. The van der Waals surface area contributed by atoms with Crippen molar-refractivity contribution in [3.8, 4) is 11.3 Å². The number of amides is 1. The molecule has 4 rings (SSSR count). The number of nitrogens with zero attached hydrogens (tertiary/aromatic N) is 4. The van der Waals surface area contributed by atoms with E-state index in [1.54, 1.807) is 23.4 Å². The fourth-order valence-electron chi connectivity index (χ4n) is 4.28. The van der Waals surface area contributed by atoms with E-state index in [0.717, 1.165) is 18.4 Å². The summed E-state index contributed by atoms with van der Waals surface area (Å²) in [7, 11) is -3.23. The molecule has 2 aliphatic rings. The molecule has 0 aromatic carbocycles. The summed E-state index contributed by atoms with van der Waals surface area (Å²) in [6.07, 6.45) is 7.09. The van der Waals surface area contributed by atoms with E-state index >= 15 is 0 Å². The van der Waals surface area contributed by atoms with Crippen molar-refractivity contribution in [1.82, 2.24) is 24.2 Å². The minimum Gasteiger partial charge on any atom is -0.332 e. The van der Waals surface area contributed by atoms with E-state index in [2.05, 4.69) is 15.0 Å². The Balaban J connectivity index is 1.54. The van der Waals surface area contributed by atoms with Crippen molar-refractivity contribution in [3.05, 3.63) is 46.8 Å². The summed E-state index contributed by atoms with van der Waals surface area (Å²) in [5, 5.41) is 0. The number of aromatic amines is 1. The van der Waals surface area contributed by atoms with Gasteiger partial charge in [-0.05, 0) is 37.8 Å². The van der Waals surface area contributed by atoms with E-state index < -0.39 is 10.0 Å². The molecule has 2 aromatic rings. The van der Waals surface area contributed by atoms with Gasteiger partial charge in [-0.25, -0.2) is 17.7 Å². The summed E-state index contributed by atoms with van der Waals surface area (Å²) in [5.41, 5.74) is 1.01. The number of likely N-dealkylation sites (tertiary alicyclic amines) is 1. The van der Waals surface area contributed by atoms with E-state index in [0.29, 0.717) is 44.0 Å². The van der Waals surface area contributed by atoms with Crippen molar-refractivity contribution >= 4 is 15.9 Å². The molecule has 160 valence electrons. The van der Waals surface area contributed by atoms with E-state index in [1.807, 2.05) is 6.07 Å². The van der Waals surface area contributed by atoms with E-state index in [1.165, 1.54) is 16.6 Å². The number of carbonyl (C=O) groups excluding carboxylic acids is 1. The number of nitrogens with one attached hydrogen (secondary N) is 1. The normalized spacial score (nSPS) is 21.1. The van der Waals surface area contributed by atoms with E-state index in [9.17, 15) is 18.0 Å². The Morgan fingerprint density at radius 1 is 1.20 bits per heavy atom. The van der Waals surface area contributed by atoms with Crippen LogP contribution in [-0.4, -0.2) is 64.4 Å². The molecule has 9 nitrogen and oxygen atoms in total. The summed E-state index contributed by atoms with van der Waals surface area (Å²) in [5.74, 6) is 0.290. The second kappa shape index (κ2) is 8.27. The summed E-state index contributed by atoms with van der Waals surface area (Å²) >= 11 is 0. The summed E-state index contributed by atoms with van der Waals surface area (Å²) in [4.78, 5) is 38.8. The topological polar surface area (TPSA) is 116 Å². The Kier molecular flexibility index (Phi) is 5.70. The number of carbonyl (C=O) groups is 1. The van der Waals surface area contributed by atoms with Gasteiger partial charge in [-0.3, -0.25) is 14.6 Å². The van der Waals surface area contributed by atoms with Gasteiger partial charge in [-0.1, -0.05) is 0 Å². The van der Waals surface area contributed by atoms with E-state index in [4.69, 9.17) is 0 Å². The predicted octanol–water partition coefficient (Wildman–Crippen LogP) is 1.17. The van der Waals surface area contributed by atoms with Crippen LogP contribution in [0.3, 0.4) is 0 Å². The first-order chi connectivity index (χ1) is 14.3. The van der Waals surface area contributed by atoms with Crippen LogP contribution in [0.1, 0.15) is 37.5 Å². The summed E-state index contributed by atoms with van der Waals surface area (Å²) in [6, 6.07) is 4.77. The lowest BCUT2D eigenvalue weighted by Gasteiger charge is -2.33. The van der Waals surface area contributed by atoms with Crippen LogP contribution in [0.15, 0.2) is 35.4 Å². The molecule has 1 amide bonds. The summed E-state index contributed by atoms with van der Waals surface area (Å²) < 4.78 is 24.9. The van der Waals surface area contributed by atoms with Gasteiger partial charge in [0.05, 0.1) is 18.0 Å². The van der Waals surface area contributed by atoms with Crippen LogP contribution >= 0.6 is 0 Å². The lowest BCUT2D eigenvalue weighted by molar-refractivity contribution is -0.137. The van der Waals surface area contributed by atoms with Crippen molar-refractivity contribution < 1.29 is 13.2 Å². The number of piperidine rings is 1. The van der Waals surface area contributed by atoms with Gasteiger partial charge in [0.2, 0.25) is 15.9 Å². The number of hydrogen-bond acceptors (Lipinski definition) is 6. The Labute approximate surface area is 175 Å². The first-order valence-corrected chi connectivity index (χ1v) is 11.9. The summed E-state index contributed by atoms with van der Waals surface area (Å²) in [6.45, 7) is 1.33. The van der Waals surface area contributed by atoms with Gasteiger partial charge in [0.1, 0.15) is 5.82 Å². The van der Waals surface area contributed by atoms with Crippen molar-refractivity contribution in [2.24, 2.45) is 5.92 Å². The van der Waals surface area contributed by atoms with Gasteiger partial charge >= 0.3 is 0 Å². The van der Waals surface area contributed by atoms with Gasteiger partial charge in [-0.2, -0.15) is 0 Å². The minimum atomic E-state index is -3.23. The first-order valence-electron chi connectivity index (χ1n) is 10.1. The maximum Gasteiger partial charge on any atom is 0.251 e. The zero-order valence-electron chi connectivity index (χ0n) is 16.8. The predicted molar refractivity (Wildman–Crippen MR) is 111 cm³/mol. The van der Waals surface area contributed by atoms with Crippen molar-refractivity contribution in [2.45, 2.75) is 31.7 Å². The molecule has 0 radical (unpaired) electrons. The molecule has 0 aliphatic carbocycles. The lowest BCUT2D eigenvalue weighted by atomic mass is 9.96. The van der Waals surface area contributed by atoms with Gasteiger partial charge in [-0.15, -0.1) is 0 Å². The van der Waals surface area contributed by atoms with Crippen LogP contribution < -0.4 is 5.56 Å². The molecule has 1 atom stereocenters. The number of sulfonamides is 1. The number of rotatable bonds is 4. The fraction of sp³-hybridized carbons (Fsp3) is 0.500. The van der Waals surface area contributed by atoms with Gasteiger partial charge < -0.3 is 9.88 Å². The molecule has 10 heteroatoms. The zero-order valence-corrected chi connectivity index (χ0v) is 17.6. The third kappa shape index (κ3) is 4.29. The SMILES string of the molecule is CS(=O)(=O)N1CCC(C(=O)N2CCC[C@H]2c2nc(-c3cccnc3)cc(=O)[nH]2)CC1. The Bertz CT molecular complexity index is 1080. The maximum atomic E-state index is 13.2. The molecule has 0 spiro atoms. The van der Waals surface area contributed by atoms with Crippen molar-refractivity contribution in [1.29, 1.82) is 0 Å². The largest absolute Gasteiger partial charge is 0.332 e. The molecular weight excluding hydrogens is 406 g/mol. The Morgan fingerprint density at radius 2 is 1.97 bits per heavy atom. The van der Waals surface area contributed by atoms with Gasteiger partial charge in [0, 0.05) is 49.6 Å². The zero-order chi connectivity index (χ0) is 21.3. The molecule has 4 heterocycles. The number of aromatic nitrogens is 3. The fourth-order valence-corrected chi connectivity index (χ4v) is 5.15. The van der Waals surface area contributed by atoms with Gasteiger partial charge in [0.15, 0.2) is 0 Å². The average molecular weight is 432 g/mol. The molecular formula is C20H25N5O4S. The molecule has 30 heavy (non-hydrogen) atoms. The minimum absolute atomic E-state index is 0.0140. The molecule has 2 aliphatic heterocycles. The van der Waals surface area contributed by atoms with Crippen molar-refractivity contribution in [3.63, 3.8) is 0 Å². The van der Waals surface area contributed by atoms with Crippen LogP contribution in [0.5, 0.6) is 0 Å². The molecule has 0 saturated carbocycles. The van der Waals surface area contributed by atoms with Crippen LogP contribution in [-0.2, 0) is 14.8 Å².